The third-order valence-electron chi connectivity index (χ3n) is 2.46. The summed E-state index contributed by atoms with van der Waals surface area (Å²) in [7, 11) is 0. The van der Waals surface area contributed by atoms with Gasteiger partial charge in [-0.05, 0) is 30.2 Å². The summed E-state index contributed by atoms with van der Waals surface area (Å²) >= 11 is 0. The molecule has 2 rings (SSSR count). The molecule has 0 amide bonds. The van der Waals surface area contributed by atoms with Gasteiger partial charge in [0.2, 0.25) is 0 Å². The van der Waals surface area contributed by atoms with Gasteiger partial charge in [-0.15, -0.1) is 0 Å². The van der Waals surface area contributed by atoms with Crippen molar-refractivity contribution in [1.29, 1.82) is 0 Å². The van der Waals surface area contributed by atoms with Crippen LogP contribution in [0, 0.1) is 11.6 Å². The lowest BCUT2D eigenvalue weighted by molar-refractivity contribution is 0.516. The van der Waals surface area contributed by atoms with Gasteiger partial charge in [0.1, 0.15) is 17.5 Å². The number of hydrogen-bond acceptors (Lipinski definition) is 4. The van der Waals surface area contributed by atoms with Crippen molar-refractivity contribution in [3.63, 3.8) is 0 Å². The molecule has 6 heteroatoms. The summed E-state index contributed by atoms with van der Waals surface area (Å²) < 4.78 is 26.1. The lowest BCUT2D eigenvalue weighted by Gasteiger charge is -2.14. The lowest BCUT2D eigenvalue weighted by atomic mass is 10.1. The lowest BCUT2D eigenvalue weighted by Crippen LogP contribution is -2.31. The van der Waals surface area contributed by atoms with Gasteiger partial charge in [-0.2, -0.15) is 0 Å². The maximum absolute atomic E-state index is 13.1. The first-order chi connectivity index (χ1) is 8.69. The fraction of sp³-hybridized carbons (Fsp3) is 0.167. The maximum atomic E-state index is 13.1. The van der Waals surface area contributed by atoms with Gasteiger partial charge in [0.25, 0.3) is 0 Å². The summed E-state index contributed by atoms with van der Waals surface area (Å²) in [6.45, 7) is 0. The predicted molar refractivity (Wildman–Crippen MR) is 62.2 cm³/mol. The Bertz CT molecular complexity index is 498. The van der Waals surface area contributed by atoms with E-state index in [1.807, 2.05) is 0 Å². The Balaban J connectivity index is 2.20. The average molecular weight is 250 g/mol. The van der Waals surface area contributed by atoms with Gasteiger partial charge in [0.05, 0.1) is 6.04 Å². The van der Waals surface area contributed by atoms with E-state index in [4.69, 9.17) is 5.84 Å². The van der Waals surface area contributed by atoms with Gasteiger partial charge in [-0.1, -0.05) is 0 Å². The normalized spacial score (nSPS) is 12.4. The zero-order valence-electron chi connectivity index (χ0n) is 9.48. The molecule has 0 aliphatic carbocycles. The monoisotopic (exact) mass is 250 g/mol. The van der Waals surface area contributed by atoms with Crippen LogP contribution in [0.3, 0.4) is 0 Å². The Morgan fingerprint density at radius 3 is 2.28 bits per heavy atom. The molecule has 18 heavy (non-hydrogen) atoms. The van der Waals surface area contributed by atoms with E-state index in [0.29, 0.717) is 17.8 Å². The van der Waals surface area contributed by atoms with Gasteiger partial charge >= 0.3 is 0 Å². The minimum atomic E-state index is -0.616. The van der Waals surface area contributed by atoms with E-state index in [9.17, 15) is 8.78 Å². The first kappa shape index (κ1) is 12.5. The van der Waals surface area contributed by atoms with E-state index in [1.54, 1.807) is 18.5 Å². The summed E-state index contributed by atoms with van der Waals surface area (Å²) in [5.41, 5.74) is 3.02. The van der Waals surface area contributed by atoms with E-state index in [-0.39, 0.29) is 0 Å². The van der Waals surface area contributed by atoms with Gasteiger partial charge < -0.3 is 0 Å². The molecule has 4 nitrogen and oxygen atoms in total. The average Bonchev–Trinajstić information content (AvgIpc) is 2.36. The van der Waals surface area contributed by atoms with Crippen LogP contribution >= 0.6 is 0 Å². The fourth-order valence-electron chi connectivity index (χ4n) is 1.68. The highest BCUT2D eigenvalue weighted by molar-refractivity contribution is 5.20. The molecule has 0 bridgehead atoms. The molecule has 0 spiro atoms. The van der Waals surface area contributed by atoms with Crippen molar-refractivity contribution in [3.05, 3.63) is 59.7 Å². The van der Waals surface area contributed by atoms with Crippen molar-refractivity contribution in [1.82, 2.24) is 15.4 Å². The van der Waals surface area contributed by atoms with E-state index < -0.39 is 17.7 Å². The number of rotatable bonds is 4. The van der Waals surface area contributed by atoms with Crippen molar-refractivity contribution in [3.8, 4) is 0 Å². The number of aromatic nitrogens is 2. The summed E-state index contributed by atoms with van der Waals surface area (Å²) in [5, 5.41) is 0. The molecule has 0 aliphatic heterocycles. The van der Waals surface area contributed by atoms with Crippen LogP contribution < -0.4 is 11.3 Å². The standard InChI is InChI=1S/C12H12F2N4/c13-9-4-8(5-10(14)7-9)6-11(18-15)12-16-2-1-3-17-12/h1-5,7,11,18H,6,15H2. The molecular weight excluding hydrogens is 238 g/mol. The highest BCUT2D eigenvalue weighted by Crippen LogP contribution is 2.16. The number of benzene rings is 1. The molecule has 1 aromatic carbocycles. The van der Waals surface area contributed by atoms with Crippen LogP contribution in [0.15, 0.2) is 36.7 Å². The molecule has 1 aromatic heterocycles. The summed E-state index contributed by atoms with van der Waals surface area (Å²) in [4.78, 5) is 8.10. The molecule has 94 valence electrons. The molecule has 0 saturated heterocycles. The Morgan fingerprint density at radius 2 is 1.72 bits per heavy atom. The van der Waals surface area contributed by atoms with E-state index in [1.165, 1.54) is 12.1 Å². The minimum Gasteiger partial charge on any atom is -0.271 e. The van der Waals surface area contributed by atoms with Gasteiger partial charge in [-0.3, -0.25) is 5.84 Å². The van der Waals surface area contributed by atoms with Crippen LogP contribution in [-0.4, -0.2) is 9.97 Å². The maximum Gasteiger partial charge on any atom is 0.146 e. The minimum absolute atomic E-state index is 0.301. The highest BCUT2D eigenvalue weighted by atomic mass is 19.1. The Hall–Kier alpha value is -1.92. The predicted octanol–water partition coefficient (Wildman–Crippen LogP) is 1.50. The molecular formula is C12H12F2N4. The number of nitrogens with one attached hydrogen (secondary N) is 1. The number of nitrogens with two attached hydrogens (primary N) is 1. The first-order valence-electron chi connectivity index (χ1n) is 5.37. The van der Waals surface area contributed by atoms with Crippen LogP contribution in [-0.2, 0) is 6.42 Å². The third kappa shape index (κ3) is 3.06. The van der Waals surface area contributed by atoms with Crippen molar-refractivity contribution < 1.29 is 8.78 Å². The Morgan fingerprint density at radius 1 is 1.11 bits per heavy atom. The van der Waals surface area contributed by atoms with Crippen LogP contribution in [0.1, 0.15) is 17.4 Å². The Kier molecular flexibility index (Phi) is 3.91. The second kappa shape index (κ2) is 5.61. The van der Waals surface area contributed by atoms with Crippen LogP contribution in [0.25, 0.3) is 0 Å². The van der Waals surface area contributed by atoms with Crippen molar-refractivity contribution >= 4 is 0 Å². The molecule has 2 aromatic rings. The van der Waals surface area contributed by atoms with Crippen LogP contribution in [0.4, 0.5) is 8.78 Å². The van der Waals surface area contributed by atoms with E-state index >= 15 is 0 Å². The fourth-order valence-corrected chi connectivity index (χ4v) is 1.68. The van der Waals surface area contributed by atoms with Crippen molar-refractivity contribution in [2.24, 2.45) is 5.84 Å². The van der Waals surface area contributed by atoms with E-state index in [2.05, 4.69) is 15.4 Å². The molecule has 0 aliphatic rings. The zero-order valence-corrected chi connectivity index (χ0v) is 9.48. The molecule has 0 fully saturated rings. The first-order valence-corrected chi connectivity index (χ1v) is 5.37. The number of hydrazine groups is 1. The van der Waals surface area contributed by atoms with Gasteiger partial charge in [0, 0.05) is 18.5 Å². The highest BCUT2D eigenvalue weighted by Gasteiger charge is 2.14. The number of hydrogen-bond donors (Lipinski definition) is 2. The molecule has 0 saturated carbocycles. The second-order valence-corrected chi connectivity index (χ2v) is 3.81. The molecule has 1 unspecified atom stereocenters. The molecule has 0 radical (unpaired) electrons. The summed E-state index contributed by atoms with van der Waals surface area (Å²) in [5.74, 6) is 4.66. The Labute approximate surface area is 103 Å². The topological polar surface area (TPSA) is 63.8 Å². The number of nitrogens with zero attached hydrogens (tertiary/aromatic N) is 2. The second-order valence-electron chi connectivity index (χ2n) is 3.81. The van der Waals surface area contributed by atoms with Crippen molar-refractivity contribution in [2.75, 3.05) is 0 Å². The molecule has 1 heterocycles. The van der Waals surface area contributed by atoms with Crippen molar-refractivity contribution in [2.45, 2.75) is 12.5 Å². The smallest absolute Gasteiger partial charge is 0.146 e. The van der Waals surface area contributed by atoms with E-state index in [0.717, 1.165) is 6.07 Å². The summed E-state index contributed by atoms with van der Waals surface area (Å²) in [6, 6.07) is 4.63. The van der Waals surface area contributed by atoms with Crippen LogP contribution in [0.2, 0.25) is 0 Å². The SMILES string of the molecule is NNC(Cc1cc(F)cc(F)c1)c1ncccn1. The summed E-state index contributed by atoms with van der Waals surface area (Å²) in [6.07, 6.45) is 3.47. The molecule has 3 N–H and O–H groups in total. The van der Waals surface area contributed by atoms with Crippen LogP contribution in [0.5, 0.6) is 0 Å². The zero-order chi connectivity index (χ0) is 13.0. The quantitative estimate of drug-likeness (QED) is 0.637. The number of halogens is 2. The third-order valence-corrected chi connectivity index (χ3v) is 2.46. The van der Waals surface area contributed by atoms with Gasteiger partial charge in [-0.25, -0.2) is 24.2 Å². The van der Waals surface area contributed by atoms with Gasteiger partial charge in [0.15, 0.2) is 0 Å². The molecule has 1 atom stereocenters. The largest absolute Gasteiger partial charge is 0.271 e.